The van der Waals surface area contributed by atoms with Crippen molar-refractivity contribution in [3.63, 3.8) is 0 Å². The van der Waals surface area contributed by atoms with Crippen LogP contribution in [0.4, 0.5) is 0 Å². The second-order valence-corrected chi connectivity index (χ2v) is 9.01. The predicted molar refractivity (Wildman–Crippen MR) is 176 cm³/mol. The maximum Gasteiger partial charge on any atom is 0.209 e. The summed E-state index contributed by atoms with van der Waals surface area (Å²) in [5.74, 6) is 1.39. The number of allylic oxidation sites excluding steroid dienone is 4. The number of amides is 1. The Labute approximate surface area is 241 Å². The van der Waals surface area contributed by atoms with Gasteiger partial charge in [-0.25, -0.2) is 0 Å². The molecule has 0 aliphatic carbocycles. The predicted octanol–water partition coefficient (Wildman–Crippen LogP) is 9.59. The highest BCUT2D eigenvalue weighted by molar-refractivity contribution is 5.47. The SMILES string of the molecule is C=C.C=C(CCCC)C(C)/C=C\C=C/CN1CCN(C=O)CC1.CC.CC.CCC(C)CC.COC(C)C. The first-order valence-corrected chi connectivity index (χ1v) is 15.2. The van der Waals surface area contributed by atoms with E-state index in [1.165, 1.54) is 31.3 Å². The molecule has 1 heterocycles. The second kappa shape index (κ2) is 39.9. The summed E-state index contributed by atoms with van der Waals surface area (Å²) in [4.78, 5) is 14.8. The van der Waals surface area contributed by atoms with Crippen LogP contribution in [0.1, 0.15) is 108 Å². The third kappa shape index (κ3) is 36.5. The van der Waals surface area contributed by atoms with Crippen molar-refractivity contribution >= 4 is 6.41 Å². The number of hydrogen-bond donors (Lipinski definition) is 0. The minimum Gasteiger partial charge on any atom is -0.382 e. The quantitative estimate of drug-likeness (QED) is 0.141. The Bertz CT molecular complexity index is 503. The average molecular weight is 539 g/mol. The zero-order chi connectivity index (χ0) is 30.8. The standard InChI is InChI=1S/C18H30N2O.C6H14.C4H10O.2C2H6.C2H4/c1-4-5-9-17(2)18(3)10-7-6-8-11-19-12-14-20(16-21)15-13-19;1-4-6(3)5-2;1-4(2)5-3;3*1-2/h6-8,10,16,18H,2,4-5,9,11-15H2,1,3H3;6H,4-5H2,1-3H3;4H,1-3H3;2*1-2H3;1-2H2/b8-6-,10-7-;;;;;. The lowest BCUT2D eigenvalue weighted by Crippen LogP contribution is -2.45. The van der Waals surface area contributed by atoms with Gasteiger partial charge in [-0.1, -0.05) is 118 Å². The number of carbonyl (C=O) groups is 1. The van der Waals surface area contributed by atoms with Crippen LogP contribution in [0.15, 0.2) is 49.6 Å². The zero-order valence-corrected chi connectivity index (χ0v) is 28.0. The van der Waals surface area contributed by atoms with Crippen LogP contribution in [0.2, 0.25) is 0 Å². The second-order valence-electron chi connectivity index (χ2n) is 9.01. The van der Waals surface area contributed by atoms with Gasteiger partial charge in [0.25, 0.3) is 0 Å². The van der Waals surface area contributed by atoms with Gasteiger partial charge in [0.05, 0.1) is 6.10 Å². The summed E-state index contributed by atoms with van der Waals surface area (Å²) in [7, 11) is 1.70. The molecule has 0 bridgehead atoms. The minimum absolute atomic E-state index is 0.384. The molecule has 4 heteroatoms. The molecule has 0 radical (unpaired) electrons. The Morgan fingerprint density at radius 1 is 0.895 bits per heavy atom. The van der Waals surface area contributed by atoms with Crippen LogP contribution in [0.3, 0.4) is 0 Å². The summed E-state index contributed by atoms with van der Waals surface area (Å²) in [6, 6.07) is 0. The molecule has 1 saturated heterocycles. The topological polar surface area (TPSA) is 32.8 Å². The van der Waals surface area contributed by atoms with Crippen molar-refractivity contribution in [3.8, 4) is 0 Å². The Balaban J connectivity index is -0.000000176. The van der Waals surface area contributed by atoms with E-state index in [-0.39, 0.29) is 0 Å². The molecule has 0 aromatic carbocycles. The van der Waals surface area contributed by atoms with Crippen molar-refractivity contribution < 1.29 is 9.53 Å². The highest BCUT2D eigenvalue weighted by atomic mass is 16.5. The molecule has 0 N–H and O–H groups in total. The summed E-state index contributed by atoms with van der Waals surface area (Å²) in [6.07, 6.45) is 16.2. The molecule has 4 nitrogen and oxygen atoms in total. The normalized spacial score (nSPS) is 13.5. The fourth-order valence-corrected chi connectivity index (χ4v) is 2.63. The Morgan fingerprint density at radius 3 is 1.71 bits per heavy atom. The number of methoxy groups -OCH3 is 1. The van der Waals surface area contributed by atoms with Crippen molar-refractivity contribution in [1.29, 1.82) is 0 Å². The number of ether oxygens (including phenoxy) is 1. The smallest absolute Gasteiger partial charge is 0.209 e. The van der Waals surface area contributed by atoms with Crippen molar-refractivity contribution in [2.24, 2.45) is 11.8 Å². The lowest BCUT2D eigenvalue weighted by atomic mass is 9.97. The zero-order valence-electron chi connectivity index (χ0n) is 28.0. The van der Waals surface area contributed by atoms with Gasteiger partial charge in [0.2, 0.25) is 6.41 Å². The van der Waals surface area contributed by atoms with Gasteiger partial charge in [-0.2, -0.15) is 0 Å². The number of piperazine rings is 1. The summed E-state index contributed by atoms with van der Waals surface area (Å²) >= 11 is 0. The Kier molecular flexibility index (Phi) is 48.5. The molecule has 1 aliphatic rings. The van der Waals surface area contributed by atoms with Crippen LogP contribution in [-0.2, 0) is 9.53 Å². The van der Waals surface area contributed by atoms with Crippen LogP contribution >= 0.6 is 0 Å². The van der Waals surface area contributed by atoms with Gasteiger partial charge in [-0.3, -0.25) is 9.69 Å². The molecule has 0 saturated carbocycles. The maximum absolute atomic E-state index is 10.6. The lowest BCUT2D eigenvalue weighted by molar-refractivity contribution is -0.119. The van der Waals surface area contributed by atoms with E-state index in [4.69, 9.17) is 4.74 Å². The van der Waals surface area contributed by atoms with Crippen LogP contribution in [-0.4, -0.2) is 62.1 Å². The number of nitrogens with zero attached hydrogens (tertiary/aromatic N) is 2. The van der Waals surface area contributed by atoms with Crippen molar-refractivity contribution in [1.82, 2.24) is 9.80 Å². The van der Waals surface area contributed by atoms with E-state index in [0.717, 1.165) is 51.5 Å². The molecule has 1 atom stereocenters. The molecule has 1 rings (SSSR count). The fourth-order valence-electron chi connectivity index (χ4n) is 2.63. The first-order valence-electron chi connectivity index (χ1n) is 15.2. The fraction of sp³-hybridized carbons (Fsp3) is 0.735. The molecule has 0 aromatic rings. The number of unbranched alkanes of at least 4 members (excludes halogenated alkanes) is 1. The third-order valence-corrected chi connectivity index (χ3v) is 5.93. The van der Waals surface area contributed by atoms with Crippen molar-refractivity contribution in [2.45, 2.75) is 114 Å². The maximum atomic E-state index is 10.6. The molecule has 1 amide bonds. The number of rotatable bonds is 12. The highest BCUT2D eigenvalue weighted by Gasteiger charge is 2.13. The van der Waals surface area contributed by atoms with E-state index in [0.29, 0.717) is 12.0 Å². The molecule has 0 spiro atoms. The molecule has 38 heavy (non-hydrogen) atoms. The summed E-state index contributed by atoms with van der Waals surface area (Å²) < 4.78 is 4.75. The van der Waals surface area contributed by atoms with Crippen molar-refractivity contribution in [3.05, 3.63) is 49.6 Å². The highest BCUT2D eigenvalue weighted by Crippen LogP contribution is 2.16. The molecule has 1 unspecified atom stereocenters. The van der Waals surface area contributed by atoms with E-state index < -0.39 is 0 Å². The first-order chi connectivity index (χ1) is 18.2. The summed E-state index contributed by atoms with van der Waals surface area (Å²) in [6.45, 7) is 37.9. The molecule has 0 aromatic heterocycles. The number of carbonyl (C=O) groups excluding carboxylic acids is 1. The summed E-state index contributed by atoms with van der Waals surface area (Å²) in [5.41, 5.74) is 1.33. The van der Waals surface area contributed by atoms with Crippen LogP contribution < -0.4 is 0 Å². The third-order valence-electron chi connectivity index (χ3n) is 5.93. The number of hydrogen-bond acceptors (Lipinski definition) is 3. The molecular weight excluding hydrogens is 468 g/mol. The van der Waals surface area contributed by atoms with Crippen molar-refractivity contribution in [2.75, 3.05) is 39.8 Å². The Morgan fingerprint density at radius 2 is 1.37 bits per heavy atom. The van der Waals surface area contributed by atoms with E-state index >= 15 is 0 Å². The summed E-state index contributed by atoms with van der Waals surface area (Å²) in [5, 5.41) is 0. The van der Waals surface area contributed by atoms with E-state index in [2.05, 4.69) is 83.6 Å². The van der Waals surface area contributed by atoms with Gasteiger partial charge in [-0.15, -0.1) is 13.2 Å². The first kappa shape index (κ1) is 46.2. The van der Waals surface area contributed by atoms with E-state index in [1.54, 1.807) is 7.11 Å². The van der Waals surface area contributed by atoms with Gasteiger partial charge in [0, 0.05) is 39.8 Å². The lowest BCUT2D eigenvalue weighted by Gasteiger charge is -2.31. The molecule has 1 aliphatic heterocycles. The van der Waals surface area contributed by atoms with Crippen LogP contribution in [0, 0.1) is 11.8 Å². The van der Waals surface area contributed by atoms with Gasteiger partial charge in [0.15, 0.2) is 0 Å². The van der Waals surface area contributed by atoms with E-state index in [9.17, 15) is 4.79 Å². The largest absolute Gasteiger partial charge is 0.382 e. The van der Waals surface area contributed by atoms with Gasteiger partial charge < -0.3 is 9.64 Å². The average Bonchev–Trinajstić information content (AvgIpc) is 2.99. The van der Waals surface area contributed by atoms with Crippen LogP contribution in [0.5, 0.6) is 0 Å². The molecule has 1 fully saturated rings. The molecular formula is C34H70N2O2. The van der Waals surface area contributed by atoms with Crippen LogP contribution in [0.25, 0.3) is 0 Å². The van der Waals surface area contributed by atoms with Gasteiger partial charge in [-0.05, 0) is 38.5 Å². The van der Waals surface area contributed by atoms with Gasteiger partial charge in [0.1, 0.15) is 0 Å². The van der Waals surface area contributed by atoms with E-state index in [1.807, 2.05) is 46.4 Å². The molecule has 228 valence electrons. The Hall–Kier alpha value is -1.65. The monoisotopic (exact) mass is 539 g/mol. The minimum atomic E-state index is 0.384. The van der Waals surface area contributed by atoms with Gasteiger partial charge >= 0.3 is 0 Å².